The molecule has 2 fully saturated rings. The summed E-state index contributed by atoms with van der Waals surface area (Å²) in [6.45, 7) is 3.51. The Hall–Kier alpha value is -0.830. The van der Waals surface area contributed by atoms with Crippen LogP contribution in [0.1, 0.15) is 25.7 Å². The van der Waals surface area contributed by atoms with Gasteiger partial charge in [0, 0.05) is 0 Å². The van der Waals surface area contributed by atoms with Crippen molar-refractivity contribution in [2.45, 2.75) is 37.4 Å². The molecule has 1 N–H and O–H groups in total. The molecule has 3 nitrogen and oxygen atoms in total. The summed E-state index contributed by atoms with van der Waals surface area (Å²) in [4.78, 5) is 11.1. The number of carbonyl (C=O) groups is 1. The van der Waals surface area contributed by atoms with Gasteiger partial charge in [0.25, 0.3) is 0 Å². The lowest BCUT2D eigenvalue weighted by Gasteiger charge is -2.24. The summed E-state index contributed by atoms with van der Waals surface area (Å²) in [7, 11) is 0. The molecule has 12 heavy (non-hydrogen) atoms. The largest absolute Gasteiger partial charge is 0.453 e. The molecule has 1 aliphatic heterocycles. The molecule has 3 heteroatoms. The van der Waals surface area contributed by atoms with E-state index in [2.05, 4.69) is 6.58 Å². The van der Waals surface area contributed by atoms with Crippen molar-refractivity contribution in [2.75, 3.05) is 0 Å². The first kappa shape index (κ1) is 7.80. The molecule has 2 rings (SSSR count). The first-order valence-electron chi connectivity index (χ1n) is 4.26. The van der Waals surface area contributed by atoms with Gasteiger partial charge in [-0.25, -0.2) is 4.79 Å². The number of hydrogen-bond donors (Lipinski definition) is 1. The number of aliphatic hydroxyl groups is 1. The van der Waals surface area contributed by atoms with Crippen molar-refractivity contribution in [3.05, 3.63) is 12.2 Å². The van der Waals surface area contributed by atoms with E-state index in [1.54, 1.807) is 0 Å². The van der Waals surface area contributed by atoms with Gasteiger partial charge < -0.3 is 9.84 Å². The molecule has 0 aromatic carbocycles. The summed E-state index contributed by atoms with van der Waals surface area (Å²) >= 11 is 0. The normalized spacial score (nSPS) is 32.9. The lowest BCUT2D eigenvalue weighted by atomic mass is 9.93. The highest BCUT2D eigenvalue weighted by atomic mass is 16.6. The summed E-state index contributed by atoms with van der Waals surface area (Å²) in [5.74, 6) is -0.426. The molecule has 0 aromatic heterocycles. The van der Waals surface area contributed by atoms with Crippen LogP contribution in [0.3, 0.4) is 0 Å². The number of rotatable bonds is 0. The Kier molecular flexibility index (Phi) is 1.51. The zero-order valence-corrected chi connectivity index (χ0v) is 6.88. The molecule has 0 aromatic rings. The third-order valence-corrected chi connectivity index (χ3v) is 2.84. The first-order valence-corrected chi connectivity index (χ1v) is 4.26. The van der Waals surface area contributed by atoms with Gasteiger partial charge in [-0.3, -0.25) is 0 Å². The van der Waals surface area contributed by atoms with E-state index in [0.717, 1.165) is 25.7 Å². The van der Waals surface area contributed by atoms with Gasteiger partial charge in [-0.15, -0.1) is 0 Å². The molecule has 0 bridgehead atoms. The summed E-state index contributed by atoms with van der Waals surface area (Å²) in [5.41, 5.74) is -0.384. The zero-order valence-electron chi connectivity index (χ0n) is 6.88. The van der Waals surface area contributed by atoms with Gasteiger partial charge in [0.05, 0.1) is 5.57 Å². The van der Waals surface area contributed by atoms with Crippen molar-refractivity contribution in [1.29, 1.82) is 0 Å². The summed E-state index contributed by atoms with van der Waals surface area (Å²) in [5, 5.41) is 9.67. The van der Waals surface area contributed by atoms with Crippen LogP contribution < -0.4 is 0 Å². The van der Waals surface area contributed by atoms with Crippen LogP contribution in [0.15, 0.2) is 12.2 Å². The Morgan fingerprint density at radius 2 is 2.08 bits per heavy atom. The second-order valence-corrected chi connectivity index (χ2v) is 3.59. The van der Waals surface area contributed by atoms with Crippen LogP contribution in [0.4, 0.5) is 0 Å². The van der Waals surface area contributed by atoms with Crippen LogP contribution in [0.5, 0.6) is 0 Å². The van der Waals surface area contributed by atoms with E-state index < -0.39 is 17.7 Å². The standard InChI is InChI=1S/C9H12O3/c1-6-7(10)9(12-8(6)11)4-2-3-5-9/h7,10H,1-5H2. The molecule has 2 aliphatic rings. The van der Waals surface area contributed by atoms with Crippen LogP contribution in [0.25, 0.3) is 0 Å². The molecule has 66 valence electrons. The zero-order chi connectivity index (χ0) is 8.77. The van der Waals surface area contributed by atoms with Gasteiger partial charge in [0.2, 0.25) is 0 Å². The highest BCUT2D eigenvalue weighted by Crippen LogP contribution is 2.43. The second-order valence-electron chi connectivity index (χ2n) is 3.59. The van der Waals surface area contributed by atoms with Gasteiger partial charge >= 0.3 is 5.97 Å². The molecule has 1 spiro atoms. The minimum Gasteiger partial charge on any atom is -0.453 e. The molecule has 0 radical (unpaired) electrons. The van der Waals surface area contributed by atoms with E-state index in [1.165, 1.54) is 0 Å². The fourth-order valence-corrected chi connectivity index (χ4v) is 2.08. The highest BCUT2D eigenvalue weighted by molar-refractivity contribution is 5.92. The van der Waals surface area contributed by atoms with Gasteiger partial charge in [-0.2, -0.15) is 0 Å². The molecule has 1 aliphatic carbocycles. The number of carbonyl (C=O) groups excluding carboxylic acids is 1. The average molecular weight is 168 g/mol. The lowest BCUT2D eigenvalue weighted by Crippen LogP contribution is -2.36. The third-order valence-electron chi connectivity index (χ3n) is 2.84. The van der Waals surface area contributed by atoms with Crippen LogP contribution in [-0.4, -0.2) is 22.8 Å². The van der Waals surface area contributed by atoms with Crippen LogP contribution >= 0.6 is 0 Å². The Morgan fingerprint density at radius 3 is 2.50 bits per heavy atom. The maximum Gasteiger partial charge on any atom is 0.336 e. The predicted molar refractivity (Wildman–Crippen MR) is 42.4 cm³/mol. The molecular weight excluding hydrogens is 156 g/mol. The Balaban J connectivity index is 2.28. The van der Waals surface area contributed by atoms with Crippen LogP contribution in [0.2, 0.25) is 0 Å². The highest BCUT2D eigenvalue weighted by Gasteiger charge is 2.52. The molecule has 1 atom stereocenters. The maximum atomic E-state index is 11.1. The molecule has 1 saturated carbocycles. The fourth-order valence-electron chi connectivity index (χ4n) is 2.08. The van der Waals surface area contributed by atoms with Crippen molar-refractivity contribution < 1.29 is 14.6 Å². The third kappa shape index (κ3) is 0.829. The summed E-state index contributed by atoms with van der Waals surface area (Å²) in [6.07, 6.45) is 2.83. The van der Waals surface area contributed by atoms with Crippen molar-refractivity contribution in [2.24, 2.45) is 0 Å². The van der Waals surface area contributed by atoms with E-state index in [0.29, 0.717) is 0 Å². The van der Waals surface area contributed by atoms with Gasteiger partial charge in [0.15, 0.2) is 0 Å². The minimum absolute atomic E-state index is 0.219. The second kappa shape index (κ2) is 2.33. The molecule has 1 heterocycles. The van der Waals surface area contributed by atoms with Gasteiger partial charge in [-0.05, 0) is 25.7 Å². The van der Waals surface area contributed by atoms with Crippen molar-refractivity contribution >= 4 is 5.97 Å². The minimum atomic E-state index is -0.771. The van der Waals surface area contributed by atoms with Crippen LogP contribution in [-0.2, 0) is 9.53 Å². The van der Waals surface area contributed by atoms with Gasteiger partial charge in [-0.1, -0.05) is 6.58 Å². The van der Waals surface area contributed by atoms with Crippen LogP contribution in [0, 0.1) is 0 Å². The maximum absolute atomic E-state index is 11.1. The van der Waals surface area contributed by atoms with Gasteiger partial charge in [0.1, 0.15) is 11.7 Å². The topological polar surface area (TPSA) is 46.5 Å². The fraction of sp³-hybridized carbons (Fsp3) is 0.667. The Bertz CT molecular complexity index is 238. The van der Waals surface area contributed by atoms with Crippen molar-refractivity contribution in [1.82, 2.24) is 0 Å². The lowest BCUT2D eigenvalue weighted by molar-refractivity contribution is -0.149. The van der Waals surface area contributed by atoms with E-state index in [4.69, 9.17) is 4.74 Å². The molecular formula is C9H12O3. The number of hydrogen-bond acceptors (Lipinski definition) is 3. The quantitative estimate of drug-likeness (QED) is 0.429. The number of aliphatic hydroxyl groups excluding tert-OH is 1. The van der Waals surface area contributed by atoms with E-state index in [9.17, 15) is 9.90 Å². The smallest absolute Gasteiger partial charge is 0.336 e. The number of esters is 1. The van der Waals surface area contributed by atoms with E-state index >= 15 is 0 Å². The average Bonchev–Trinajstić information content (AvgIpc) is 2.57. The Labute approximate surface area is 71.0 Å². The SMILES string of the molecule is C=C1C(=O)OC2(CCCC2)C1O. The molecule has 1 saturated heterocycles. The monoisotopic (exact) mass is 168 g/mol. The molecule has 1 unspecified atom stereocenters. The molecule has 0 amide bonds. The predicted octanol–water partition coefficient (Wildman–Crippen LogP) is 0.773. The van der Waals surface area contributed by atoms with Crippen molar-refractivity contribution in [3.8, 4) is 0 Å². The van der Waals surface area contributed by atoms with E-state index in [1.807, 2.05) is 0 Å². The number of ether oxygens (including phenoxy) is 1. The Morgan fingerprint density at radius 1 is 1.50 bits per heavy atom. The first-order chi connectivity index (χ1) is 5.66. The van der Waals surface area contributed by atoms with E-state index in [-0.39, 0.29) is 5.57 Å². The van der Waals surface area contributed by atoms with Crippen molar-refractivity contribution in [3.63, 3.8) is 0 Å². The summed E-state index contributed by atoms with van der Waals surface area (Å²) in [6, 6.07) is 0. The summed E-state index contributed by atoms with van der Waals surface area (Å²) < 4.78 is 5.15.